The molecule has 1 rings (SSSR count). The van der Waals surface area contributed by atoms with Crippen LogP contribution >= 0.6 is 59.1 Å². The fourth-order valence-corrected chi connectivity index (χ4v) is 4.40. The summed E-state index contributed by atoms with van der Waals surface area (Å²) in [6.07, 6.45) is 0.877. The average Bonchev–Trinajstić information content (AvgIpc) is 2.73. The minimum atomic E-state index is -0.215. The molecule has 2 nitrogen and oxygen atoms in total. The number of nitrogens with one attached hydrogen (secondary N) is 1. The van der Waals surface area contributed by atoms with Crippen LogP contribution in [0, 0.1) is 0 Å². The van der Waals surface area contributed by atoms with E-state index in [1.807, 2.05) is 12.1 Å². The summed E-state index contributed by atoms with van der Waals surface area (Å²) < 4.78 is 0.970. The number of carbonyl (C=O) groups excluding carboxylic acids is 1. The molecule has 1 amide bonds. The van der Waals surface area contributed by atoms with Crippen molar-refractivity contribution in [1.82, 2.24) is 5.32 Å². The van der Waals surface area contributed by atoms with Crippen molar-refractivity contribution in [2.75, 3.05) is 10.7 Å². The van der Waals surface area contributed by atoms with Gasteiger partial charge < -0.3 is 5.32 Å². The summed E-state index contributed by atoms with van der Waals surface area (Å²) in [6.45, 7) is 2.06. The average molecular weight is 434 g/mol. The van der Waals surface area contributed by atoms with Gasteiger partial charge in [0.25, 0.3) is 5.91 Å². The number of halogens is 3. The molecule has 0 saturated heterocycles. The molecular formula is C10H12Br3NOS. The monoisotopic (exact) mass is 431 g/mol. The van der Waals surface area contributed by atoms with Crippen LogP contribution in [0.25, 0.3) is 0 Å². The molecule has 0 aliphatic heterocycles. The van der Waals surface area contributed by atoms with Gasteiger partial charge in [0.05, 0.1) is 14.2 Å². The first-order chi connectivity index (χ1) is 7.56. The Kier molecular flexibility index (Phi) is 5.98. The van der Waals surface area contributed by atoms with Gasteiger partial charge in [0, 0.05) is 10.7 Å². The lowest BCUT2D eigenvalue weighted by Gasteiger charge is -2.29. The molecule has 1 heterocycles. The first-order valence-corrected chi connectivity index (χ1v) is 8.62. The first kappa shape index (κ1) is 14.7. The molecule has 0 aromatic carbocycles. The Morgan fingerprint density at radius 2 is 2.06 bits per heavy atom. The lowest BCUT2D eigenvalue weighted by molar-refractivity contribution is 0.0919. The number of alkyl halides is 2. The van der Waals surface area contributed by atoms with Gasteiger partial charge in [-0.3, -0.25) is 4.79 Å². The van der Waals surface area contributed by atoms with Crippen LogP contribution in [0.3, 0.4) is 0 Å². The zero-order valence-corrected chi connectivity index (χ0v) is 14.3. The van der Waals surface area contributed by atoms with Gasteiger partial charge in [-0.05, 0) is 34.5 Å². The van der Waals surface area contributed by atoms with Crippen LogP contribution in [0.15, 0.2) is 15.9 Å². The van der Waals surface area contributed by atoms with Gasteiger partial charge in [-0.15, -0.1) is 11.3 Å². The Hall–Kier alpha value is 0.610. The van der Waals surface area contributed by atoms with Crippen molar-refractivity contribution in [1.29, 1.82) is 0 Å². The third-order valence-electron chi connectivity index (χ3n) is 2.36. The van der Waals surface area contributed by atoms with E-state index in [1.165, 1.54) is 11.3 Å². The van der Waals surface area contributed by atoms with Gasteiger partial charge in [0.15, 0.2) is 0 Å². The number of carbonyl (C=O) groups is 1. The number of hydrogen-bond donors (Lipinski definition) is 1. The van der Waals surface area contributed by atoms with Crippen molar-refractivity contribution in [2.45, 2.75) is 18.9 Å². The SMILES string of the molecule is CCC(CBr)(CBr)NC(=O)c1ccc(Br)s1. The Bertz CT molecular complexity index is 354. The van der Waals surface area contributed by atoms with Crippen LogP contribution in [0.1, 0.15) is 23.0 Å². The van der Waals surface area contributed by atoms with E-state index in [1.54, 1.807) is 0 Å². The molecule has 0 aliphatic rings. The van der Waals surface area contributed by atoms with Crippen LogP contribution in [0.5, 0.6) is 0 Å². The molecule has 6 heteroatoms. The van der Waals surface area contributed by atoms with E-state index in [0.29, 0.717) is 0 Å². The highest BCUT2D eigenvalue weighted by atomic mass is 79.9. The molecule has 0 fully saturated rings. The normalized spacial score (nSPS) is 11.5. The number of amides is 1. The summed E-state index contributed by atoms with van der Waals surface area (Å²) >= 11 is 11.7. The zero-order valence-electron chi connectivity index (χ0n) is 8.73. The van der Waals surface area contributed by atoms with Gasteiger partial charge in [-0.2, -0.15) is 0 Å². The van der Waals surface area contributed by atoms with E-state index in [4.69, 9.17) is 0 Å². The largest absolute Gasteiger partial charge is 0.344 e. The topological polar surface area (TPSA) is 29.1 Å². The Morgan fingerprint density at radius 1 is 1.44 bits per heavy atom. The van der Waals surface area contributed by atoms with Crippen molar-refractivity contribution >= 4 is 65.0 Å². The van der Waals surface area contributed by atoms with Crippen molar-refractivity contribution in [3.05, 3.63) is 20.8 Å². The summed E-state index contributed by atoms with van der Waals surface area (Å²) in [4.78, 5) is 12.7. The number of thiophene rings is 1. The summed E-state index contributed by atoms with van der Waals surface area (Å²) in [7, 11) is 0. The highest BCUT2D eigenvalue weighted by molar-refractivity contribution is 9.11. The molecule has 0 saturated carbocycles. The summed E-state index contributed by atoms with van der Waals surface area (Å²) in [6, 6.07) is 3.71. The maximum absolute atomic E-state index is 12.0. The fraction of sp³-hybridized carbons (Fsp3) is 0.500. The zero-order chi connectivity index (χ0) is 12.2. The molecule has 0 unspecified atom stereocenters. The lowest BCUT2D eigenvalue weighted by atomic mass is 10.0. The Morgan fingerprint density at radius 3 is 2.44 bits per heavy atom. The van der Waals surface area contributed by atoms with Gasteiger partial charge in [-0.1, -0.05) is 38.8 Å². The summed E-state index contributed by atoms with van der Waals surface area (Å²) in [5, 5.41) is 4.54. The van der Waals surface area contributed by atoms with E-state index in [0.717, 1.165) is 25.7 Å². The van der Waals surface area contributed by atoms with E-state index in [-0.39, 0.29) is 11.4 Å². The van der Waals surface area contributed by atoms with Crippen molar-refractivity contribution < 1.29 is 4.79 Å². The molecule has 1 aromatic rings. The molecule has 1 aromatic heterocycles. The number of rotatable bonds is 5. The van der Waals surface area contributed by atoms with Gasteiger partial charge in [0.1, 0.15) is 0 Å². The van der Waals surface area contributed by atoms with Crippen molar-refractivity contribution in [2.24, 2.45) is 0 Å². The Balaban J connectivity index is 2.76. The molecule has 0 spiro atoms. The Labute approximate surface area is 125 Å². The van der Waals surface area contributed by atoms with Crippen LogP contribution < -0.4 is 5.32 Å². The third-order valence-corrected chi connectivity index (χ3v) is 6.13. The lowest BCUT2D eigenvalue weighted by Crippen LogP contribution is -2.50. The maximum Gasteiger partial charge on any atom is 0.261 e. The smallest absolute Gasteiger partial charge is 0.261 e. The molecule has 16 heavy (non-hydrogen) atoms. The van der Waals surface area contributed by atoms with Crippen LogP contribution in [-0.4, -0.2) is 22.1 Å². The van der Waals surface area contributed by atoms with Crippen LogP contribution in [0.4, 0.5) is 0 Å². The second-order valence-electron chi connectivity index (χ2n) is 3.46. The molecular weight excluding hydrogens is 422 g/mol. The second-order valence-corrected chi connectivity index (χ2v) is 7.04. The standard InChI is InChI=1S/C10H12Br3NOS/c1-2-10(5-11,6-12)14-9(15)7-3-4-8(13)16-7/h3-4H,2,5-6H2,1H3,(H,14,15). The number of hydrogen-bond acceptors (Lipinski definition) is 2. The minimum absolute atomic E-state index is 0.0172. The highest BCUT2D eigenvalue weighted by Gasteiger charge is 2.28. The minimum Gasteiger partial charge on any atom is -0.344 e. The fourth-order valence-electron chi connectivity index (χ4n) is 1.12. The van der Waals surface area contributed by atoms with Crippen molar-refractivity contribution in [3.63, 3.8) is 0 Å². The van der Waals surface area contributed by atoms with Gasteiger partial charge in [0.2, 0.25) is 0 Å². The molecule has 0 radical (unpaired) electrons. The molecule has 1 N–H and O–H groups in total. The van der Waals surface area contributed by atoms with E-state index in [2.05, 4.69) is 60.0 Å². The summed E-state index contributed by atoms with van der Waals surface area (Å²) in [5.41, 5.74) is -0.215. The molecule has 0 bridgehead atoms. The van der Waals surface area contributed by atoms with E-state index < -0.39 is 0 Å². The van der Waals surface area contributed by atoms with Gasteiger partial charge >= 0.3 is 0 Å². The third kappa shape index (κ3) is 3.55. The highest BCUT2D eigenvalue weighted by Crippen LogP contribution is 2.24. The van der Waals surface area contributed by atoms with Crippen LogP contribution in [0.2, 0.25) is 0 Å². The summed E-state index contributed by atoms with van der Waals surface area (Å²) in [5.74, 6) is -0.0172. The van der Waals surface area contributed by atoms with Crippen molar-refractivity contribution in [3.8, 4) is 0 Å². The molecule has 0 atom stereocenters. The second kappa shape index (κ2) is 6.52. The maximum atomic E-state index is 12.0. The van der Waals surface area contributed by atoms with E-state index >= 15 is 0 Å². The quantitative estimate of drug-likeness (QED) is 0.693. The van der Waals surface area contributed by atoms with E-state index in [9.17, 15) is 4.79 Å². The predicted octanol–water partition coefficient (Wildman–Crippen LogP) is 4.18. The molecule has 90 valence electrons. The first-order valence-electron chi connectivity index (χ1n) is 4.76. The van der Waals surface area contributed by atoms with Crippen LogP contribution in [-0.2, 0) is 0 Å². The van der Waals surface area contributed by atoms with Gasteiger partial charge in [-0.25, -0.2) is 0 Å². The molecule has 0 aliphatic carbocycles. The predicted molar refractivity (Wildman–Crippen MR) is 80.1 cm³/mol.